The summed E-state index contributed by atoms with van der Waals surface area (Å²) in [4.78, 5) is 11.6. The van der Waals surface area contributed by atoms with Gasteiger partial charge >= 0.3 is 0 Å². The van der Waals surface area contributed by atoms with E-state index in [0.29, 0.717) is 13.0 Å². The third-order valence-corrected chi connectivity index (χ3v) is 2.59. The van der Waals surface area contributed by atoms with Gasteiger partial charge in [0, 0.05) is 19.6 Å². The number of carbonyl (C=O) groups is 1. The number of rotatable bonds is 6. The highest BCUT2D eigenvalue weighted by Crippen LogP contribution is 2.05. The van der Waals surface area contributed by atoms with Crippen molar-refractivity contribution in [3.8, 4) is 0 Å². The third-order valence-electron chi connectivity index (χ3n) is 2.59. The lowest BCUT2D eigenvalue weighted by Gasteiger charge is -2.12. The predicted octanol–water partition coefficient (Wildman–Crippen LogP) is 2.08. The lowest BCUT2D eigenvalue weighted by atomic mass is 10.1. The first-order valence-electron chi connectivity index (χ1n) is 5.95. The SMILES string of the molecule is COC[C@H](C)NC(=O)CCc1ccc(C)cc1. The van der Waals surface area contributed by atoms with Gasteiger partial charge in [-0.15, -0.1) is 0 Å². The minimum absolute atomic E-state index is 0.0746. The number of benzene rings is 1. The number of aryl methyl sites for hydroxylation is 2. The van der Waals surface area contributed by atoms with Crippen LogP contribution in [0.2, 0.25) is 0 Å². The third kappa shape index (κ3) is 5.50. The molecule has 0 radical (unpaired) electrons. The molecule has 0 aliphatic carbocycles. The number of hydrogen-bond donors (Lipinski definition) is 1. The Morgan fingerprint density at radius 2 is 2.00 bits per heavy atom. The van der Waals surface area contributed by atoms with Gasteiger partial charge in [0.15, 0.2) is 0 Å². The van der Waals surface area contributed by atoms with E-state index in [1.165, 1.54) is 11.1 Å². The van der Waals surface area contributed by atoms with Gasteiger partial charge in [-0.3, -0.25) is 4.79 Å². The van der Waals surface area contributed by atoms with Crippen LogP contribution in [0.15, 0.2) is 24.3 Å². The molecule has 0 aliphatic heterocycles. The Morgan fingerprint density at radius 1 is 1.35 bits per heavy atom. The van der Waals surface area contributed by atoms with E-state index < -0.39 is 0 Å². The molecule has 17 heavy (non-hydrogen) atoms. The minimum atomic E-state index is 0.0746. The number of methoxy groups -OCH3 is 1. The normalized spacial score (nSPS) is 12.2. The van der Waals surface area contributed by atoms with Crippen molar-refractivity contribution in [1.82, 2.24) is 5.32 Å². The number of hydrogen-bond acceptors (Lipinski definition) is 2. The van der Waals surface area contributed by atoms with Crippen molar-refractivity contribution < 1.29 is 9.53 Å². The molecular weight excluding hydrogens is 214 g/mol. The highest BCUT2D eigenvalue weighted by atomic mass is 16.5. The first-order valence-corrected chi connectivity index (χ1v) is 5.95. The van der Waals surface area contributed by atoms with Crippen molar-refractivity contribution in [1.29, 1.82) is 0 Å². The molecule has 0 fully saturated rings. The topological polar surface area (TPSA) is 38.3 Å². The summed E-state index contributed by atoms with van der Waals surface area (Å²) in [6.07, 6.45) is 1.31. The summed E-state index contributed by atoms with van der Waals surface area (Å²) in [5.41, 5.74) is 2.44. The molecule has 0 aliphatic rings. The second kappa shape index (κ2) is 7.07. The van der Waals surface area contributed by atoms with Crippen LogP contribution in [0.1, 0.15) is 24.5 Å². The summed E-state index contributed by atoms with van der Waals surface area (Å²) in [5, 5.41) is 2.90. The monoisotopic (exact) mass is 235 g/mol. The Balaban J connectivity index is 2.30. The lowest BCUT2D eigenvalue weighted by molar-refractivity contribution is -0.122. The van der Waals surface area contributed by atoms with Crippen LogP contribution in [0.4, 0.5) is 0 Å². The van der Waals surface area contributed by atoms with Gasteiger partial charge in [0.25, 0.3) is 0 Å². The average molecular weight is 235 g/mol. The van der Waals surface area contributed by atoms with Gasteiger partial charge < -0.3 is 10.1 Å². The molecule has 1 amide bonds. The van der Waals surface area contributed by atoms with Crippen molar-refractivity contribution in [2.45, 2.75) is 32.7 Å². The largest absolute Gasteiger partial charge is 0.383 e. The summed E-state index contributed by atoms with van der Waals surface area (Å²) in [7, 11) is 1.63. The molecule has 0 saturated carbocycles. The molecule has 0 heterocycles. The van der Waals surface area contributed by atoms with E-state index in [-0.39, 0.29) is 11.9 Å². The molecule has 1 aromatic rings. The number of amides is 1. The maximum Gasteiger partial charge on any atom is 0.220 e. The Hall–Kier alpha value is -1.35. The van der Waals surface area contributed by atoms with Gasteiger partial charge in [-0.2, -0.15) is 0 Å². The van der Waals surface area contributed by atoms with Gasteiger partial charge in [-0.1, -0.05) is 29.8 Å². The second-order valence-electron chi connectivity index (χ2n) is 4.41. The fourth-order valence-corrected chi connectivity index (χ4v) is 1.65. The van der Waals surface area contributed by atoms with Crippen molar-refractivity contribution in [3.05, 3.63) is 35.4 Å². The van der Waals surface area contributed by atoms with E-state index >= 15 is 0 Å². The van der Waals surface area contributed by atoms with Crippen molar-refractivity contribution in [2.24, 2.45) is 0 Å². The lowest BCUT2D eigenvalue weighted by Crippen LogP contribution is -2.35. The van der Waals surface area contributed by atoms with Crippen LogP contribution in [0.25, 0.3) is 0 Å². The van der Waals surface area contributed by atoms with E-state index in [0.717, 1.165) is 6.42 Å². The molecule has 94 valence electrons. The predicted molar refractivity (Wildman–Crippen MR) is 69.0 cm³/mol. The zero-order valence-electron chi connectivity index (χ0n) is 10.8. The van der Waals surface area contributed by atoms with Crippen LogP contribution >= 0.6 is 0 Å². The van der Waals surface area contributed by atoms with Gasteiger partial charge in [-0.05, 0) is 25.8 Å². The van der Waals surface area contributed by atoms with Crippen LogP contribution in [0.5, 0.6) is 0 Å². The van der Waals surface area contributed by atoms with Gasteiger partial charge in [0.2, 0.25) is 5.91 Å². The molecular formula is C14H21NO2. The zero-order chi connectivity index (χ0) is 12.7. The highest BCUT2D eigenvalue weighted by Gasteiger charge is 2.06. The summed E-state index contributed by atoms with van der Waals surface area (Å²) < 4.78 is 4.97. The summed E-state index contributed by atoms with van der Waals surface area (Å²) in [5.74, 6) is 0.0788. The number of carbonyl (C=O) groups excluding carboxylic acids is 1. The molecule has 1 atom stereocenters. The Morgan fingerprint density at radius 3 is 2.59 bits per heavy atom. The molecule has 1 N–H and O–H groups in total. The highest BCUT2D eigenvalue weighted by molar-refractivity contribution is 5.76. The van der Waals surface area contributed by atoms with Crippen molar-refractivity contribution in [2.75, 3.05) is 13.7 Å². The molecule has 3 heteroatoms. The van der Waals surface area contributed by atoms with Crippen molar-refractivity contribution in [3.63, 3.8) is 0 Å². The average Bonchev–Trinajstić information content (AvgIpc) is 2.28. The van der Waals surface area contributed by atoms with E-state index in [1.807, 2.05) is 6.92 Å². The Labute approximate surface area is 103 Å². The second-order valence-corrected chi connectivity index (χ2v) is 4.41. The van der Waals surface area contributed by atoms with Gasteiger partial charge in [0.05, 0.1) is 6.61 Å². The quantitative estimate of drug-likeness (QED) is 0.820. The maximum atomic E-state index is 11.6. The molecule has 0 spiro atoms. The summed E-state index contributed by atoms with van der Waals surface area (Å²) in [6, 6.07) is 8.36. The number of ether oxygens (including phenoxy) is 1. The zero-order valence-corrected chi connectivity index (χ0v) is 10.8. The molecule has 3 nitrogen and oxygen atoms in total. The van der Waals surface area contributed by atoms with Crippen molar-refractivity contribution >= 4 is 5.91 Å². The number of nitrogens with one attached hydrogen (secondary N) is 1. The minimum Gasteiger partial charge on any atom is -0.383 e. The van der Waals surface area contributed by atoms with Crippen LogP contribution in [-0.2, 0) is 16.0 Å². The standard InChI is InChI=1S/C14H21NO2/c1-11-4-6-13(7-5-11)8-9-14(16)15-12(2)10-17-3/h4-7,12H,8-10H2,1-3H3,(H,15,16)/t12-/m0/s1. The Kier molecular flexibility index (Phi) is 5.70. The molecule has 0 saturated heterocycles. The van der Waals surface area contributed by atoms with E-state index in [1.54, 1.807) is 7.11 Å². The Bertz CT molecular complexity index is 346. The van der Waals surface area contributed by atoms with Crippen LogP contribution in [-0.4, -0.2) is 25.7 Å². The fraction of sp³-hybridized carbons (Fsp3) is 0.500. The van der Waals surface area contributed by atoms with Crippen LogP contribution in [0, 0.1) is 6.92 Å². The molecule has 0 unspecified atom stereocenters. The van der Waals surface area contributed by atoms with E-state index in [9.17, 15) is 4.79 Å². The van der Waals surface area contributed by atoms with Crippen LogP contribution in [0.3, 0.4) is 0 Å². The summed E-state index contributed by atoms with van der Waals surface area (Å²) in [6.45, 7) is 4.55. The molecule has 1 aromatic carbocycles. The molecule has 0 bridgehead atoms. The molecule has 1 rings (SSSR count). The van der Waals surface area contributed by atoms with E-state index in [2.05, 4.69) is 36.5 Å². The van der Waals surface area contributed by atoms with Crippen LogP contribution < -0.4 is 5.32 Å². The first-order chi connectivity index (χ1) is 8.11. The van der Waals surface area contributed by atoms with Gasteiger partial charge in [0.1, 0.15) is 0 Å². The summed E-state index contributed by atoms with van der Waals surface area (Å²) >= 11 is 0. The first kappa shape index (κ1) is 13.7. The van der Waals surface area contributed by atoms with Gasteiger partial charge in [-0.25, -0.2) is 0 Å². The fourth-order valence-electron chi connectivity index (χ4n) is 1.65. The molecule has 0 aromatic heterocycles. The maximum absolute atomic E-state index is 11.6. The van der Waals surface area contributed by atoms with E-state index in [4.69, 9.17) is 4.74 Å². The smallest absolute Gasteiger partial charge is 0.220 e.